The molecule has 1 atom stereocenters. The number of carbonyl (C=O) groups excluding carboxylic acids is 1. The van der Waals surface area contributed by atoms with Gasteiger partial charge < -0.3 is 9.64 Å². The zero-order valence-corrected chi connectivity index (χ0v) is 12.5. The van der Waals surface area contributed by atoms with Crippen LogP contribution in [0.3, 0.4) is 0 Å². The van der Waals surface area contributed by atoms with E-state index in [1.54, 1.807) is 0 Å². The fourth-order valence-electron chi connectivity index (χ4n) is 2.66. The van der Waals surface area contributed by atoms with Crippen LogP contribution in [-0.4, -0.2) is 30.2 Å². The predicted molar refractivity (Wildman–Crippen MR) is 81.4 cm³/mol. The molecule has 1 aliphatic heterocycles. The van der Waals surface area contributed by atoms with E-state index >= 15 is 0 Å². The van der Waals surface area contributed by atoms with Crippen molar-refractivity contribution in [2.75, 3.05) is 13.2 Å². The Labute approximate surface area is 121 Å². The lowest BCUT2D eigenvalue weighted by Crippen LogP contribution is -2.45. The second-order valence-corrected chi connectivity index (χ2v) is 5.46. The maximum atomic E-state index is 12.0. The minimum atomic E-state index is -0.199. The Morgan fingerprint density at radius 3 is 2.65 bits per heavy atom. The monoisotopic (exact) mass is 273 g/mol. The number of hydrogen-bond donors (Lipinski definition) is 0. The van der Waals surface area contributed by atoms with Crippen molar-refractivity contribution in [3.63, 3.8) is 0 Å². The molecule has 108 valence electrons. The van der Waals surface area contributed by atoms with Crippen molar-refractivity contribution in [2.45, 2.75) is 33.2 Å². The van der Waals surface area contributed by atoms with Gasteiger partial charge in [0.05, 0.1) is 6.61 Å². The minimum Gasteiger partial charge on any atom is -0.450 e. The molecular formula is C17H23NO2. The molecule has 1 aromatic rings. The molecule has 1 heterocycles. The van der Waals surface area contributed by atoms with Crippen molar-refractivity contribution < 1.29 is 9.53 Å². The zero-order valence-electron chi connectivity index (χ0n) is 12.5. The maximum absolute atomic E-state index is 12.0. The van der Waals surface area contributed by atoms with Crippen LogP contribution in [0.4, 0.5) is 4.79 Å². The number of ether oxygens (including phenoxy) is 1. The third-order valence-corrected chi connectivity index (χ3v) is 3.78. The highest BCUT2D eigenvalue weighted by atomic mass is 16.6. The number of hydrogen-bond acceptors (Lipinski definition) is 2. The van der Waals surface area contributed by atoms with Crippen LogP contribution < -0.4 is 0 Å². The molecule has 1 aromatic carbocycles. The molecule has 1 unspecified atom stereocenters. The first-order chi connectivity index (χ1) is 9.63. The number of nitrogens with zero attached hydrogens (tertiary/aromatic N) is 1. The van der Waals surface area contributed by atoms with E-state index < -0.39 is 0 Å². The summed E-state index contributed by atoms with van der Waals surface area (Å²) in [5, 5.41) is 0. The van der Waals surface area contributed by atoms with Crippen molar-refractivity contribution in [1.82, 2.24) is 4.90 Å². The second-order valence-electron chi connectivity index (χ2n) is 5.46. The molecule has 0 radical (unpaired) electrons. The Hall–Kier alpha value is -1.77. The molecular weight excluding hydrogens is 250 g/mol. The molecule has 1 amide bonds. The first-order valence-electron chi connectivity index (χ1n) is 7.31. The largest absolute Gasteiger partial charge is 0.450 e. The lowest BCUT2D eigenvalue weighted by Gasteiger charge is -2.37. The molecule has 0 bridgehead atoms. The molecule has 0 saturated heterocycles. The van der Waals surface area contributed by atoms with E-state index in [1.165, 1.54) is 11.1 Å². The highest BCUT2D eigenvalue weighted by Gasteiger charge is 2.30. The Morgan fingerprint density at radius 1 is 1.35 bits per heavy atom. The minimum absolute atomic E-state index is 0.199. The van der Waals surface area contributed by atoms with E-state index in [1.807, 2.05) is 17.9 Å². The van der Waals surface area contributed by atoms with Crippen LogP contribution in [0.2, 0.25) is 0 Å². The molecule has 0 fully saturated rings. The van der Waals surface area contributed by atoms with Gasteiger partial charge in [-0.15, -0.1) is 0 Å². The molecule has 0 aromatic heterocycles. The van der Waals surface area contributed by atoms with Crippen LogP contribution in [-0.2, 0) is 4.74 Å². The van der Waals surface area contributed by atoms with Crippen molar-refractivity contribution in [3.8, 4) is 0 Å². The van der Waals surface area contributed by atoms with E-state index in [4.69, 9.17) is 4.74 Å². The first-order valence-corrected chi connectivity index (χ1v) is 7.31. The summed E-state index contributed by atoms with van der Waals surface area (Å²) in [5.74, 6) is 0.409. The van der Waals surface area contributed by atoms with Gasteiger partial charge in [0.2, 0.25) is 0 Å². The van der Waals surface area contributed by atoms with Crippen LogP contribution in [0.1, 0.15) is 32.8 Å². The maximum Gasteiger partial charge on any atom is 0.410 e. The van der Waals surface area contributed by atoms with Crippen LogP contribution in [0.25, 0.3) is 5.57 Å². The molecule has 1 aliphatic rings. The van der Waals surface area contributed by atoms with E-state index in [9.17, 15) is 4.79 Å². The van der Waals surface area contributed by atoms with E-state index in [0.29, 0.717) is 19.1 Å². The van der Waals surface area contributed by atoms with Gasteiger partial charge in [-0.05, 0) is 30.4 Å². The number of carbonyl (C=O) groups is 1. The summed E-state index contributed by atoms with van der Waals surface area (Å²) < 4.78 is 5.16. The summed E-state index contributed by atoms with van der Waals surface area (Å²) in [6, 6.07) is 10.6. The van der Waals surface area contributed by atoms with Crippen molar-refractivity contribution in [3.05, 3.63) is 42.0 Å². The van der Waals surface area contributed by atoms with Gasteiger partial charge in [-0.25, -0.2) is 4.79 Å². The molecule has 0 spiro atoms. The summed E-state index contributed by atoms with van der Waals surface area (Å²) in [6.07, 6.45) is 2.83. The summed E-state index contributed by atoms with van der Waals surface area (Å²) in [7, 11) is 0. The van der Waals surface area contributed by atoms with Gasteiger partial charge in [0, 0.05) is 12.6 Å². The molecule has 20 heavy (non-hydrogen) atoms. The average Bonchev–Trinajstić information content (AvgIpc) is 2.47. The van der Waals surface area contributed by atoms with E-state index in [0.717, 1.165) is 6.42 Å². The zero-order chi connectivity index (χ0) is 14.5. The van der Waals surface area contributed by atoms with Crippen LogP contribution in [0.15, 0.2) is 36.4 Å². The van der Waals surface area contributed by atoms with Gasteiger partial charge in [-0.2, -0.15) is 0 Å². The lowest BCUT2D eigenvalue weighted by atomic mass is 9.88. The standard InChI is InChI=1S/C17H23NO2/c1-4-20-17(19)18-11-10-15(12-16(18)13(2)3)14-8-6-5-7-9-14/h5-10,13,16H,4,11-12H2,1-3H3. The average molecular weight is 273 g/mol. The quantitative estimate of drug-likeness (QED) is 0.834. The molecule has 3 heteroatoms. The topological polar surface area (TPSA) is 29.5 Å². The molecule has 0 N–H and O–H groups in total. The number of amides is 1. The number of benzene rings is 1. The SMILES string of the molecule is CCOC(=O)N1CC=C(c2ccccc2)CC1C(C)C. The van der Waals surface area contributed by atoms with Crippen molar-refractivity contribution >= 4 is 11.7 Å². The number of rotatable bonds is 3. The molecule has 3 nitrogen and oxygen atoms in total. The Kier molecular flexibility index (Phi) is 4.83. The van der Waals surface area contributed by atoms with Crippen LogP contribution in [0, 0.1) is 5.92 Å². The summed E-state index contributed by atoms with van der Waals surface area (Å²) in [6.45, 7) is 7.22. The highest BCUT2D eigenvalue weighted by Crippen LogP contribution is 2.30. The van der Waals surface area contributed by atoms with Crippen molar-refractivity contribution in [2.24, 2.45) is 5.92 Å². The summed E-state index contributed by atoms with van der Waals surface area (Å²) >= 11 is 0. The lowest BCUT2D eigenvalue weighted by molar-refractivity contribution is 0.0839. The normalized spacial score (nSPS) is 18.9. The van der Waals surface area contributed by atoms with Gasteiger partial charge >= 0.3 is 6.09 Å². The van der Waals surface area contributed by atoms with Gasteiger partial charge in [-0.3, -0.25) is 0 Å². The van der Waals surface area contributed by atoms with Crippen LogP contribution in [0.5, 0.6) is 0 Å². The Balaban J connectivity index is 2.20. The predicted octanol–water partition coefficient (Wildman–Crippen LogP) is 3.96. The molecule has 2 rings (SSSR count). The summed E-state index contributed by atoms with van der Waals surface area (Å²) in [4.78, 5) is 13.9. The van der Waals surface area contributed by atoms with Gasteiger partial charge in [0.1, 0.15) is 0 Å². The Morgan fingerprint density at radius 2 is 2.05 bits per heavy atom. The fourth-order valence-corrected chi connectivity index (χ4v) is 2.66. The van der Waals surface area contributed by atoms with E-state index in [-0.39, 0.29) is 12.1 Å². The second kappa shape index (κ2) is 6.60. The van der Waals surface area contributed by atoms with E-state index in [2.05, 4.69) is 44.2 Å². The van der Waals surface area contributed by atoms with Crippen molar-refractivity contribution in [1.29, 1.82) is 0 Å². The summed E-state index contributed by atoms with van der Waals surface area (Å²) in [5.41, 5.74) is 2.58. The third-order valence-electron chi connectivity index (χ3n) is 3.78. The van der Waals surface area contributed by atoms with Gasteiger partial charge in [0.25, 0.3) is 0 Å². The third kappa shape index (κ3) is 3.21. The highest BCUT2D eigenvalue weighted by molar-refractivity contribution is 5.73. The van der Waals surface area contributed by atoms with Gasteiger partial charge in [0.15, 0.2) is 0 Å². The molecule has 0 saturated carbocycles. The smallest absolute Gasteiger partial charge is 0.410 e. The Bertz CT molecular complexity index is 479. The molecule has 0 aliphatic carbocycles. The fraction of sp³-hybridized carbons (Fsp3) is 0.471. The first kappa shape index (κ1) is 14.6. The van der Waals surface area contributed by atoms with Crippen LogP contribution >= 0.6 is 0 Å². The van der Waals surface area contributed by atoms with Gasteiger partial charge in [-0.1, -0.05) is 50.3 Å².